The number of carbonyl (C=O) groups is 2. The lowest BCUT2D eigenvalue weighted by atomic mass is 10.2. The summed E-state index contributed by atoms with van der Waals surface area (Å²) >= 11 is 0. The zero-order chi connectivity index (χ0) is 20.9. The van der Waals surface area contributed by atoms with Gasteiger partial charge in [0.2, 0.25) is 11.8 Å². The molecule has 7 nitrogen and oxygen atoms in total. The molecule has 3 aromatic rings. The van der Waals surface area contributed by atoms with Crippen LogP contribution >= 0.6 is 0 Å². The number of fused-ring (bicyclic) bond motifs is 1. The average molecular weight is 404 g/mol. The van der Waals surface area contributed by atoms with E-state index in [1.165, 1.54) is 6.08 Å². The van der Waals surface area contributed by atoms with Gasteiger partial charge in [-0.05, 0) is 48.4 Å². The zero-order valence-electron chi connectivity index (χ0n) is 16.9. The number of methoxy groups -OCH3 is 1. The molecule has 1 aromatic heterocycles. The number of benzene rings is 2. The lowest BCUT2D eigenvalue weighted by Crippen LogP contribution is -2.23. The van der Waals surface area contributed by atoms with Gasteiger partial charge < -0.3 is 15.0 Å². The number of anilines is 2. The fraction of sp³-hybridized carbons (Fsp3) is 0.261. The van der Waals surface area contributed by atoms with Crippen molar-refractivity contribution in [2.24, 2.45) is 0 Å². The van der Waals surface area contributed by atoms with Crippen molar-refractivity contribution >= 4 is 40.2 Å². The van der Waals surface area contributed by atoms with E-state index in [0.29, 0.717) is 25.3 Å². The highest BCUT2D eigenvalue weighted by Gasteiger charge is 2.21. The van der Waals surface area contributed by atoms with Crippen molar-refractivity contribution in [3.63, 3.8) is 0 Å². The van der Waals surface area contributed by atoms with E-state index in [1.54, 1.807) is 24.3 Å². The van der Waals surface area contributed by atoms with Gasteiger partial charge in [-0.25, -0.2) is 0 Å². The third-order valence-corrected chi connectivity index (χ3v) is 5.12. The molecule has 154 valence electrons. The highest BCUT2D eigenvalue weighted by molar-refractivity contribution is 6.03. The minimum Gasteiger partial charge on any atom is -0.383 e. The van der Waals surface area contributed by atoms with Gasteiger partial charge in [0, 0.05) is 42.9 Å². The molecule has 2 heterocycles. The Morgan fingerprint density at radius 3 is 2.80 bits per heavy atom. The molecule has 1 aliphatic rings. The predicted octanol–water partition coefficient (Wildman–Crippen LogP) is 3.46. The van der Waals surface area contributed by atoms with Crippen LogP contribution in [0.4, 0.5) is 11.4 Å². The molecule has 4 rings (SSSR count). The molecule has 2 aromatic carbocycles. The van der Waals surface area contributed by atoms with Gasteiger partial charge in [-0.15, -0.1) is 0 Å². The van der Waals surface area contributed by atoms with Crippen LogP contribution in [0.25, 0.3) is 17.0 Å². The van der Waals surface area contributed by atoms with Gasteiger partial charge in [-0.3, -0.25) is 14.3 Å². The van der Waals surface area contributed by atoms with Crippen molar-refractivity contribution in [3.05, 3.63) is 60.3 Å². The standard InChI is InChI=1S/C23H24N4O3/c1-30-14-13-27-21-15-19(8-7-18(21)16-24-27)25-22(28)11-6-17-4-9-20(10-5-17)26-12-2-3-23(26)29/h4-11,15-16H,2-3,12-14H2,1H3,(H,25,28). The fourth-order valence-corrected chi connectivity index (χ4v) is 3.55. The molecule has 0 unspecified atom stereocenters. The predicted molar refractivity (Wildman–Crippen MR) is 117 cm³/mol. The number of aromatic nitrogens is 2. The first-order valence-corrected chi connectivity index (χ1v) is 9.98. The smallest absolute Gasteiger partial charge is 0.248 e. The largest absolute Gasteiger partial charge is 0.383 e. The minimum atomic E-state index is -0.212. The topological polar surface area (TPSA) is 76.5 Å². The molecule has 0 atom stereocenters. The summed E-state index contributed by atoms with van der Waals surface area (Å²) < 4.78 is 6.97. The van der Waals surface area contributed by atoms with Crippen LogP contribution < -0.4 is 10.2 Å². The summed E-state index contributed by atoms with van der Waals surface area (Å²) in [5.41, 5.74) is 3.45. The van der Waals surface area contributed by atoms with E-state index in [4.69, 9.17) is 4.74 Å². The first kappa shape index (κ1) is 19.8. The number of rotatable bonds is 7. The Kier molecular flexibility index (Phi) is 5.90. The fourth-order valence-electron chi connectivity index (χ4n) is 3.55. The Morgan fingerprint density at radius 2 is 2.07 bits per heavy atom. The Balaban J connectivity index is 1.40. The number of ether oxygens (including phenoxy) is 1. The second-order valence-electron chi connectivity index (χ2n) is 7.20. The molecular formula is C23H24N4O3. The van der Waals surface area contributed by atoms with E-state index < -0.39 is 0 Å². The molecule has 7 heteroatoms. The number of amides is 2. The van der Waals surface area contributed by atoms with Crippen LogP contribution in [0, 0.1) is 0 Å². The van der Waals surface area contributed by atoms with Crippen molar-refractivity contribution in [1.82, 2.24) is 9.78 Å². The molecular weight excluding hydrogens is 380 g/mol. The van der Waals surface area contributed by atoms with Crippen LogP contribution in [-0.2, 0) is 20.9 Å². The van der Waals surface area contributed by atoms with Crippen molar-refractivity contribution in [3.8, 4) is 0 Å². The van der Waals surface area contributed by atoms with Crippen LogP contribution in [0.2, 0.25) is 0 Å². The summed E-state index contributed by atoms with van der Waals surface area (Å²) in [7, 11) is 1.66. The number of nitrogens with one attached hydrogen (secondary N) is 1. The summed E-state index contributed by atoms with van der Waals surface area (Å²) in [5, 5.41) is 8.25. The number of hydrogen-bond acceptors (Lipinski definition) is 4. The third kappa shape index (κ3) is 4.41. The van der Waals surface area contributed by atoms with Crippen LogP contribution in [0.5, 0.6) is 0 Å². The Hall–Kier alpha value is -3.45. The first-order valence-electron chi connectivity index (χ1n) is 9.98. The second-order valence-corrected chi connectivity index (χ2v) is 7.20. The van der Waals surface area contributed by atoms with Crippen LogP contribution in [0.15, 0.2) is 54.7 Å². The van der Waals surface area contributed by atoms with Crippen molar-refractivity contribution in [2.45, 2.75) is 19.4 Å². The third-order valence-electron chi connectivity index (χ3n) is 5.12. The monoisotopic (exact) mass is 404 g/mol. The highest BCUT2D eigenvalue weighted by atomic mass is 16.5. The lowest BCUT2D eigenvalue weighted by Gasteiger charge is -2.15. The minimum absolute atomic E-state index is 0.165. The zero-order valence-corrected chi connectivity index (χ0v) is 16.9. The normalized spacial score (nSPS) is 14.2. The Labute approximate surface area is 174 Å². The van der Waals surface area contributed by atoms with Gasteiger partial charge >= 0.3 is 0 Å². The molecule has 1 saturated heterocycles. The van der Waals surface area contributed by atoms with E-state index in [2.05, 4.69) is 10.4 Å². The van der Waals surface area contributed by atoms with Crippen molar-refractivity contribution in [2.75, 3.05) is 30.5 Å². The maximum absolute atomic E-state index is 12.3. The van der Waals surface area contributed by atoms with Crippen LogP contribution in [0.3, 0.4) is 0 Å². The van der Waals surface area contributed by atoms with Crippen molar-refractivity contribution in [1.29, 1.82) is 0 Å². The first-order chi connectivity index (χ1) is 14.6. The molecule has 1 N–H and O–H groups in total. The van der Waals surface area contributed by atoms with Crippen molar-refractivity contribution < 1.29 is 14.3 Å². The number of nitrogens with zero attached hydrogens (tertiary/aromatic N) is 3. The summed E-state index contributed by atoms with van der Waals surface area (Å²) in [4.78, 5) is 26.0. The number of carbonyl (C=O) groups excluding carboxylic acids is 2. The summed E-state index contributed by atoms with van der Waals surface area (Å²) in [6, 6.07) is 13.3. The lowest BCUT2D eigenvalue weighted by molar-refractivity contribution is -0.117. The second kappa shape index (κ2) is 8.92. The molecule has 0 radical (unpaired) electrons. The van der Waals surface area contributed by atoms with E-state index in [0.717, 1.165) is 35.1 Å². The van der Waals surface area contributed by atoms with Gasteiger partial charge in [0.25, 0.3) is 0 Å². The number of hydrogen-bond donors (Lipinski definition) is 1. The Morgan fingerprint density at radius 1 is 1.23 bits per heavy atom. The van der Waals surface area contributed by atoms with E-state index in [9.17, 15) is 9.59 Å². The Bertz CT molecular complexity index is 1090. The summed E-state index contributed by atoms with van der Waals surface area (Å²) in [6.07, 6.45) is 6.57. The maximum Gasteiger partial charge on any atom is 0.248 e. The van der Waals surface area contributed by atoms with Gasteiger partial charge in [0.05, 0.1) is 24.9 Å². The molecule has 0 spiro atoms. The highest BCUT2D eigenvalue weighted by Crippen LogP contribution is 2.22. The molecule has 0 saturated carbocycles. The van der Waals surface area contributed by atoms with Gasteiger partial charge in [-0.2, -0.15) is 5.10 Å². The summed E-state index contributed by atoms with van der Waals surface area (Å²) in [5.74, 6) is -0.0469. The van der Waals surface area contributed by atoms with Gasteiger partial charge in [0.1, 0.15) is 0 Å². The van der Waals surface area contributed by atoms with E-state index in [1.807, 2.05) is 47.1 Å². The molecule has 30 heavy (non-hydrogen) atoms. The van der Waals surface area contributed by atoms with Gasteiger partial charge in [0.15, 0.2) is 0 Å². The SMILES string of the molecule is COCCn1ncc2ccc(NC(=O)C=Cc3ccc(N4CCCC4=O)cc3)cc21. The van der Waals surface area contributed by atoms with E-state index >= 15 is 0 Å². The quantitative estimate of drug-likeness (QED) is 0.612. The van der Waals surface area contributed by atoms with Crippen LogP contribution in [0.1, 0.15) is 18.4 Å². The average Bonchev–Trinajstić information content (AvgIpc) is 3.37. The molecule has 0 aliphatic carbocycles. The van der Waals surface area contributed by atoms with Crippen LogP contribution in [-0.4, -0.2) is 41.9 Å². The van der Waals surface area contributed by atoms with E-state index in [-0.39, 0.29) is 11.8 Å². The maximum atomic E-state index is 12.3. The molecule has 0 bridgehead atoms. The molecule has 1 aliphatic heterocycles. The summed E-state index contributed by atoms with van der Waals surface area (Å²) in [6.45, 7) is 1.99. The van der Waals surface area contributed by atoms with Gasteiger partial charge in [-0.1, -0.05) is 12.1 Å². The molecule has 1 fully saturated rings. The molecule has 2 amide bonds.